The Morgan fingerprint density at radius 1 is 1.33 bits per heavy atom. The average molecular weight is 367 g/mol. The number of halogens is 1. The van der Waals surface area contributed by atoms with E-state index in [0.29, 0.717) is 5.13 Å². The summed E-state index contributed by atoms with van der Waals surface area (Å²) in [6, 6.07) is 7.18. The van der Waals surface area contributed by atoms with Crippen molar-refractivity contribution in [1.29, 1.82) is 0 Å². The highest BCUT2D eigenvalue weighted by Gasteiger charge is 2.19. The van der Waals surface area contributed by atoms with E-state index in [2.05, 4.69) is 43.5 Å². The van der Waals surface area contributed by atoms with Gasteiger partial charge in [-0.3, -0.25) is 5.32 Å². The molecule has 1 aliphatic rings. The van der Waals surface area contributed by atoms with Crippen LogP contribution < -0.4 is 10.6 Å². The number of carbonyl (C=O) groups is 1. The van der Waals surface area contributed by atoms with Crippen molar-refractivity contribution in [2.75, 3.05) is 24.2 Å². The van der Waals surface area contributed by atoms with Gasteiger partial charge in [0.15, 0.2) is 5.13 Å². The van der Waals surface area contributed by atoms with Crippen LogP contribution in [-0.4, -0.2) is 29.5 Å². The SMILES string of the molecule is CN1CCc2nc(NC(=O)Nc3ccc(Br)cc3)sc2C1. The summed E-state index contributed by atoms with van der Waals surface area (Å²) in [7, 11) is 2.09. The summed E-state index contributed by atoms with van der Waals surface area (Å²) in [6.45, 7) is 1.92. The molecule has 0 aliphatic carbocycles. The topological polar surface area (TPSA) is 57.3 Å². The van der Waals surface area contributed by atoms with Gasteiger partial charge in [-0.1, -0.05) is 15.9 Å². The van der Waals surface area contributed by atoms with Gasteiger partial charge in [-0.25, -0.2) is 9.78 Å². The van der Waals surface area contributed by atoms with Crippen LogP contribution in [0, 0.1) is 0 Å². The van der Waals surface area contributed by atoms with E-state index in [4.69, 9.17) is 0 Å². The van der Waals surface area contributed by atoms with Crippen molar-refractivity contribution in [3.05, 3.63) is 39.3 Å². The zero-order valence-corrected chi connectivity index (χ0v) is 13.9. The average Bonchev–Trinajstić information content (AvgIpc) is 2.82. The molecular formula is C14H15BrN4OS. The van der Waals surface area contributed by atoms with E-state index in [9.17, 15) is 4.79 Å². The van der Waals surface area contributed by atoms with Crippen LogP contribution in [0.4, 0.5) is 15.6 Å². The van der Waals surface area contributed by atoms with Crippen LogP contribution in [0.1, 0.15) is 10.6 Å². The molecule has 110 valence electrons. The highest BCUT2D eigenvalue weighted by Crippen LogP contribution is 2.27. The van der Waals surface area contributed by atoms with Gasteiger partial charge in [-0.15, -0.1) is 11.3 Å². The molecule has 2 aromatic rings. The monoisotopic (exact) mass is 366 g/mol. The summed E-state index contributed by atoms with van der Waals surface area (Å²) in [5, 5.41) is 6.25. The molecule has 2 amide bonds. The number of amides is 2. The quantitative estimate of drug-likeness (QED) is 0.854. The number of carbonyl (C=O) groups excluding carboxylic acids is 1. The normalized spacial score (nSPS) is 14.6. The van der Waals surface area contributed by atoms with Gasteiger partial charge in [0, 0.05) is 34.5 Å². The zero-order chi connectivity index (χ0) is 14.8. The lowest BCUT2D eigenvalue weighted by Crippen LogP contribution is -2.25. The van der Waals surface area contributed by atoms with E-state index in [0.717, 1.165) is 35.4 Å². The molecule has 21 heavy (non-hydrogen) atoms. The predicted molar refractivity (Wildman–Crippen MR) is 88.9 cm³/mol. The van der Waals surface area contributed by atoms with Crippen LogP contribution in [0.5, 0.6) is 0 Å². The van der Waals surface area contributed by atoms with Crippen molar-refractivity contribution in [3.63, 3.8) is 0 Å². The van der Waals surface area contributed by atoms with Crippen molar-refractivity contribution in [2.24, 2.45) is 0 Å². The van der Waals surface area contributed by atoms with Gasteiger partial charge in [-0.2, -0.15) is 0 Å². The standard InChI is InChI=1S/C14H15BrN4OS/c1-19-7-6-11-12(8-19)21-14(17-11)18-13(20)16-10-4-2-9(15)3-5-10/h2-5H,6-8H2,1H3,(H2,16,17,18,20). The summed E-state index contributed by atoms with van der Waals surface area (Å²) in [4.78, 5) is 20.0. The molecule has 0 fully saturated rings. The molecular weight excluding hydrogens is 352 g/mol. The summed E-state index contributed by atoms with van der Waals surface area (Å²) in [5.41, 5.74) is 1.86. The molecule has 1 aromatic carbocycles. The van der Waals surface area contributed by atoms with Gasteiger partial charge in [0.1, 0.15) is 0 Å². The zero-order valence-electron chi connectivity index (χ0n) is 11.5. The Bertz CT molecular complexity index is 655. The number of hydrogen-bond acceptors (Lipinski definition) is 4. The molecule has 0 saturated carbocycles. The number of hydrogen-bond donors (Lipinski definition) is 2. The largest absolute Gasteiger partial charge is 0.325 e. The van der Waals surface area contributed by atoms with Crippen molar-refractivity contribution < 1.29 is 4.79 Å². The maximum absolute atomic E-state index is 12.0. The van der Waals surface area contributed by atoms with Crippen LogP contribution in [-0.2, 0) is 13.0 Å². The van der Waals surface area contributed by atoms with Gasteiger partial charge in [-0.05, 0) is 31.3 Å². The highest BCUT2D eigenvalue weighted by atomic mass is 79.9. The lowest BCUT2D eigenvalue weighted by atomic mass is 10.2. The molecule has 1 aliphatic heterocycles. The molecule has 3 rings (SSSR count). The maximum Gasteiger partial charge on any atom is 0.325 e. The minimum absolute atomic E-state index is 0.267. The first-order chi connectivity index (χ1) is 10.1. The van der Waals surface area contributed by atoms with E-state index in [1.54, 1.807) is 11.3 Å². The van der Waals surface area contributed by atoms with Gasteiger partial charge in [0.05, 0.1) is 5.69 Å². The molecule has 0 saturated heterocycles. The maximum atomic E-state index is 12.0. The fourth-order valence-electron chi connectivity index (χ4n) is 2.17. The van der Waals surface area contributed by atoms with Crippen LogP contribution in [0.25, 0.3) is 0 Å². The fourth-order valence-corrected chi connectivity index (χ4v) is 3.52. The van der Waals surface area contributed by atoms with Crippen molar-refractivity contribution in [1.82, 2.24) is 9.88 Å². The molecule has 1 aromatic heterocycles. The molecule has 5 nitrogen and oxygen atoms in total. The summed E-state index contributed by atoms with van der Waals surface area (Å²) in [6.07, 6.45) is 0.943. The van der Waals surface area contributed by atoms with Crippen molar-refractivity contribution in [2.45, 2.75) is 13.0 Å². The van der Waals surface area contributed by atoms with Gasteiger partial charge in [0.2, 0.25) is 0 Å². The van der Waals surface area contributed by atoms with Gasteiger partial charge >= 0.3 is 6.03 Å². The second-order valence-electron chi connectivity index (χ2n) is 4.96. The Kier molecular flexibility index (Phi) is 4.23. The third kappa shape index (κ3) is 3.61. The predicted octanol–water partition coefficient (Wildman–Crippen LogP) is 3.54. The van der Waals surface area contributed by atoms with E-state index < -0.39 is 0 Å². The first kappa shape index (κ1) is 14.5. The molecule has 0 bridgehead atoms. The molecule has 0 spiro atoms. The van der Waals surface area contributed by atoms with Crippen molar-refractivity contribution in [3.8, 4) is 0 Å². The van der Waals surface area contributed by atoms with E-state index in [1.807, 2.05) is 24.3 Å². The number of rotatable bonds is 2. The van der Waals surface area contributed by atoms with Gasteiger partial charge < -0.3 is 10.2 Å². The number of nitrogens with one attached hydrogen (secondary N) is 2. The lowest BCUT2D eigenvalue weighted by molar-refractivity contribution is 0.262. The van der Waals surface area contributed by atoms with E-state index in [-0.39, 0.29) is 6.03 Å². The Hall–Kier alpha value is -1.44. The Balaban J connectivity index is 1.64. The number of nitrogens with zero attached hydrogens (tertiary/aromatic N) is 2. The minimum Gasteiger partial charge on any atom is -0.308 e. The van der Waals surface area contributed by atoms with Crippen LogP contribution in [0.15, 0.2) is 28.7 Å². The second kappa shape index (κ2) is 6.13. The Morgan fingerprint density at radius 2 is 2.10 bits per heavy atom. The molecule has 2 N–H and O–H groups in total. The first-order valence-corrected chi connectivity index (χ1v) is 8.22. The fraction of sp³-hybridized carbons (Fsp3) is 0.286. The number of aromatic nitrogens is 1. The lowest BCUT2D eigenvalue weighted by Gasteiger charge is -2.20. The molecule has 0 unspecified atom stereocenters. The minimum atomic E-state index is -0.267. The Morgan fingerprint density at radius 3 is 2.86 bits per heavy atom. The number of benzene rings is 1. The van der Waals surface area contributed by atoms with E-state index >= 15 is 0 Å². The molecule has 0 radical (unpaired) electrons. The number of urea groups is 1. The summed E-state index contributed by atoms with van der Waals surface area (Å²) < 4.78 is 0.977. The summed E-state index contributed by atoms with van der Waals surface area (Å²) in [5.74, 6) is 0. The third-order valence-corrected chi connectivity index (χ3v) is 4.77. The molecule has 0 atom stereocenters. The van der Waals surface area contributed by atoms with E-state index in [1.165, 1.54) is 4.88 Å². The number of anilines is 2. The molecule has 2 heterocycles. The summed E-state index contributed by atoms with van der Waals surface area (Å²) >= 11 is 4.91. The van der Waals surface area contributed by atoms with Crippen molar-refractivity contribution >= 4 is 44.1 Å². The first-order valence-electron chi connectivity index (χ1n) is 6.61. The second-order valence-corrected chi connectivity index (χ2v) is 6.96. The van der Waals surface area contributed by atoms with Crippen LogP contribution in [0.2, 0.25) is 0 Å². The van der Waals surface area contributed by atoms with Crippen LogP contribution in [0.3, 0.4) is 0 Å². The molecule has 7 heteroatoms. The smallest absolute Gasteiger partial charge is 0.308 e. The Labute approximate surface area is 135 Å². The van der Waals surface area contributed by atoms with Crippen LogP contribution >= 0.6 is 27.3 Å². The highest BCUT2D eigenvalue weighted by molar-refractivity contribution is 9.10. The third-order valence-electron chi connectivity index (χ3n) is 3.24. The van der Waals surface area contributed by atoms with Gasteiger partial charge in [0.25, 0.3) is 0 Å². The number of likely N-dealkylation sites (N-methyl/N-ethyl adjacent to an activating group) is 1. The number of fused-ring (bicyclic) bond motifs is 1. The number of thiazole rings is 1.